The second-order valence-electron chi connectivity index (χ2n) is 6.24. The highest BCUT2D eigenvalue weighted by Gasteiger charge is 2.26. The van der Waals surface area contributed by atoms with Gasteiger partial charge in [0.05, 0.1) is 16.4 Å². The van der Waals surface area contributed by atoms with E-state index in [0.29, 0.717) is 16.9 Å². The van der Waals surface area contributed by atoms with Gasteiger partial charge in [0, 0.05) is 22.7 Å². The summed E-state index contributed by atoms with van der Waals surface area (Å²) in [6.45, 7) is 4.89. The average Bonchev–Trinajstić information content (AvgIpc) is 3.10. The Kier molecular flexibility index (Phi) is 4.96. The summed E-state index contributed by atoms with van der Waals surface area (Å²) in [4.78, 5) is 16.3. The van der Waals surface area contributed by atoms with Crippen LogP contribution in [0, 0.1) is 16.0 Å². The molecule has 1 atom stereocenters. The average molecular weight is 357 g/mol. The molecule has 0 bridgehead atoms. The largest absolute Gasteiger partial charge is 0.505 e. The van der Waals surface area contributed by atoms with Crippen LogP contribution in [0.5, 0.6) is 5.75 Å². The van der Waals surface area contributed by atoms with Gasteiger partial charge in [-0.1, -0.05) is 19.9 Å². The number of nitrogens with zero attached hydrogens (tertiary/aromatic N) is 2. The molecular formula is C18H19N3O3S. The molecule has 0 aliphatic heterocycles. The number of thiophene rings is 1. The Bertz CT molecular complexity index is 894. The number of hydrogen-bond donors (Lipinski definition) is 2. The van der Waals surface area contributed by atoms with Gasteiger partial charge in [-0.3, -0.25) is 15.1 Å². The molecule has 3 rings (SSSR count). The molecule has 2 heterocycles. The molecule has 2 aromatic heterocycles. The first-order valence-corrected chi connectivity index (χ1v) is 8.88. The molecule has 0 amide bonds. The minimum absolute atomic E-state index is 0.0177. The highest BCUT2D eigenvalue weighted by Crippen LogP contribution is 2.40. The molecule has 0 aliphatic rings. The number of rotatable bonds is 6. The number of fused-ring (bicyclic) bond motifs is 1. The summed E-state index contributed by atoms with van der Waals surface area (Å²) in [6.07, 6.45) is 1.53. The SMILES string of the molecule is CC(C)CNC(c1cccs1)c1cc([N+](=O)[O-])c2cccnc2c1O. The van der Waals surface area contributed by atoms with Crippen molar-refractivity contribution in [3.63, 3.8) is 0 Å². The van der Waals surface area contributed by atoms with E-state index in [2.05, 4.69) is 24.1 Å². The fourth-order valence-electron chi connectivity index (χ4n) is 2.77. The number of phenolic OH excluding ortho intramolecular Hbond substituents is 1. The van der Waals surface area contributed by atoms with E-state index in [1.807, 2.05) is 17.5 Å². The predicted octanol–water partition coefficient (Wildman–Crippen LogP) is 4.25. The highest BCUT2D eigenvalue weighted by molar-refractivity contribution is 7.10. The minimum atomic E-state index is -0.430. The molecule has 130 valence electrons. The maximum Gasteiger partial charge on any atom is 0.279 e. The molecule has 3 aromatic rings. The van der Waals surface area contributed by atoms with Gasteiger partial charge in [-0.05, 0) is 36.0 Å². The molecule has 0 saturated heterocycles. The third-order valence-electron chi connectivity index (χ3n) is 3.94. The normalized spacial score (nSPS) is 12.6. The predicted molar refractivity (Wildman–Crippen MR) is 99.1 cm³/mol. The Balaban J connectivity index is 2.20. The Morgan fingerprint density at radius 1 is 1.36 bits per heavy atom. The van der Waals surface area contributed by atoms with Crippen LogP contribution >= 0.6 is 11.3 Å². The van der Waals surface area contributed by atoms with Crippen molar-refractivity contribution in [2.75, 3.05) is 6.54 Å². The van der Waals surface area contributed by atoms with Crippen LogP contribution in [-0.4, -0.2) is 21.6 Å². The van der Waals surface area contributed by atoms with Crippen molar-refractivity contribution in [3.05, 3.63) is 62.5 Å². The van der Waals surface area contributed by atoms with Crippen LogP contribution in [0.1, 0.15) is 30.3 Å². The van der Waals surface area contributed by atoms with Crippen molar-refractivity contribution in [1.29, 1.82) is 0 Å². The molecule has 25 heavy (non-hydrogen) atoms. The summed E-state index contributed by atoms with van der Waals surface area (Å²) in [5, 5.41) is 28.0. The van der Waals surface area contributed by atoms with E-state index in [9.17, 15) is 15.2 Å². The van der Waals surface area contributed by atoms with E-state index in [0.717, 1.165) is 11.4 Å². The molecule has 0 fully saturated rings. The third-order valence-corrected chi connectivity index (χ3v) is 4.88. The van der Waals surface area contributed by atoms with E-state index in [1.165, 1.54) is 12.3 Å². The van der Waals surface area contributed by atoms with Crippen molar-refractivity contribution < 1.29 is 10.0 Å². The molecule has 7 heteroatoms. The zero-order chi connectivity index (χ0) is 18.0. The number of aromatic nitrogens is 1. The molecule has 2 N–H and O–H groups in total. The number of nitro benzene ring substituents is 1. The first-order chi connectivity index (χ1) is 12.0. The number of non-ortho nitro benzene ring substituents is 1. The summed E-state index contributed by atoms with van der Waals surface area (Å²) >= 11 is 1.54. The first-order valence-electron chi connectivity index (χ1n) is 8.00. The van der Waals surface area contributed by atoms with E-state index < -0.39 is 4.92 Å². The van der Waals surface area contributed by atoms with Crippen molar-refractivity contribution in [3.8, 4) is 5.75 Å². The Hall–Kier alpha value is -2.51. The fraction of sp³-hybridized carbons (Fsp3) is 0.278. The molecule has 1 unspecified atom stereocenters. The maximum atomic E-state index is 11.5. The van der Waals surface area contributed by atoms with Crippen molar-refractivity contribution in [1.82, 2.24) is 10.3 Å². The molecule has 0 aliphatic carbocycles. The van der Waals surface area contributed by atoms with Gasteiger partial charge in [0.1, 0.15) is 11.3 Å². The van der Waals surface area contributed by atoms with Crippen LogP contribution in [0.2, 0.25) is 0 Å². The van der Waals surface area contributed by atoms with E-state index in [-0.39, 0.29) is 23.0 Å². The summed E-state index contributed by atoms with van der Waals surface area (Å²) in [5.74, 6) is 0.383. The summed E-state index contributed by atoms with van der Waals surface area (Å²) < 4.78 is 0. The Morgan fingerprint density at radius 3 is 2.80 bits per heavy atom. The van der Waals surface area contributed by atoms with Crippen LogP contribution < -0.4 is 5.32 Å². The lowest BCUT2D eigenvalue weighted by molar-refractivity contribution is -0.383. The van der Waals surface area contributed by atoms with E-state index in [4.69, 9.17) is 0 Å². The molecular weight excluding hydrogens is 338 g/mol. The molecule has 6 nitrogen and oxygen atoms in total. The summed E-state index contributed by atoms with van der Waals surface area (Å²) in [6, 6.07) is 8.24. The smallest absolute Gasteiger partial charge is 0.279 e. The zero-order valence-corrected chi connectivity index (χ0v) is 14.8. The number of nitro groups is 1. The number of benzene rings is 1. The lowest BCUT2D eigenvalue weighted by atomic mass is 9.99. The summed E-state index contributed by atoms with van der Waals surface area (Å²) in [5.41, 5.74) is 0.671. The van der Waals surface area contributed by atoms with E-state index >= 15 is 0 Å². The van der Waals surface area contributed by atoms with Gasteiger partial charge in [-0.2, -0.15) is 0 Å². The summed E-state index contributed by atoms with van der Waals surface area (Å²) in [7, 11) is 0. The number of aromatic hydroxyl groups is 1. The van der Waals surface area contributed by atoms with Gasteiger partial charge in [-0.25, -0.2) is 0 Å². The van der Waals surface area contributed by atoms with Gasteiger partial charge in [-0.15, -0.1) is 11.3 Å². The lowest BCUT2D eigenvalue weighted by Crippen LogP contribution is -2.26. The fourth-order valence-corrected chi connectivity index (χ4v) is 3.59. The van der Waals surface area contributed by atoms with Crippen LogP contribution in [-0.2, 0) is 0 Å². The van der Waals surface area contributed by atoms with Crippen molar-refractivity contribution >= 4 is 27.9 Å². The molecule has 1 aromatic carbocycles. The second-order valence-corrected chi connectivity index (χ2v) is 7.22. The quantitative estimate of drug-likeness (QED) is 0.509. The van der Waals surface area contributed by atoms with Crippen LogP contribution in [0.15, 0.2) is 41.9 Å². The standard InChI is InChI=1S/C18H19N3O3S/c1-11(2)10-20-16(15-6-4-8-25-15)13-9-14(21(23)24)12-5-3-7-19-17(12)18(13)22/h3-9,11,16,20,22H,10H2,1-2H3. The Morgan fingerprint density at radius 2 is 2.16 bits per heavy atom. The van der Waals surface area contributed by atoms with Gasteiger partial charge in [0.15, 0.2) is 0 Å². The maximum absolute atomic E-state index is 11.5. The number of nitrogens with one attached hydrogen (secondary N) is 1. The van der Waals surface area contributed by atoms with Crippen LogP contribution in [0.4, 0.5) is 5.69 Å². The third kappa shape index (κ3) is 3.47. The van der Waals surface area contributed by atoms with Crippen molar-refractivity contribution in [2.24, 2.45) is 5.92 Å². The van der Waals surface area contributed by atoms with Gasteiger partial charge >= 0.3 is 0 Å². The number of phenols is 1. The second kappa shape index (κ2) is 7.16. The van der Waals surface area contributed by atoms with Gasteiger partial charge in [0.25, 0.3) is 5.69 Å². The topological polar surface area (TPSA) is 88.3 Å². The van der Waals surface area contributed by atoms with Crippen molar-refractivity contribution in [2.45, 2.75) is 19.9 Å². The van der Waals surface area contributed by atoms with Gasteiger partial charge < -0.3 is 10.4 Å². The highest BCUT2D eigenvalue weighted by atomic mass is 32.1. The minimum Gasteiger partial charge on any atom is -0.505 e. The molecule has 0 saturated carbocycles. The monoisotopic (exact) mass is 357 g/mol. The first kappa shape index (κ1) is 17.3. The number of pyridine rings is 1. The zero-order valence-electron chi connectivity index (χ0n) is 14.0. The van der Waals surface area contributed by atoms with Crippen LogP contribution in [0.25, 0.3) is 10.9 Å². The lowest BCUT2D eigenvalue weighted by Gasteiger charge is -2.21. The Labute approximate surface area is 149 Å². The van der Waals surface area contributed by atoms with Crippen LogP contribution in [0.3, 0.4) is 0 Å². The molecule has 0 spiro atoms. The molecule has 0 radical (unpaired) electrons. The number of hydrogen-bond acceptors (Lipinski definition) is 6. The van der Waals surface area contributed by atoms with Gasteiger partial charge in [0.2, 0.25) is 0 Å². The van der Waals surface area contributed by atoms with E-state index in [1.54, 1.807) is 23.5 Å².